The molecule has 0 atom stereocenters. The molecule has 18 heavy (non-hydrogen) atoms. The number of aromatic nitrogens is 1. The van der Waals surface area contributed by atoms with Crippen molar-refractivity contribution in [3.63, 3.8) is 0 Å². The monoisotopic (exact) mass is 245 g/mol. The van der Waals surface area contributed by atoms with Crippen LogP contribution in [0.3, 0.4) is 0 Å². The Balaban J connectivity index is 2.64. The molecule has 0 saturated heterocycles. The molecule has 0 amide bonds. The van der Waals surface area contributed by atoms with Crippen molar-refractivity contribution in [2.45, 2.75) is 33.7 Å². The van der Waals surface area contributed by atoms with E-state index >= 15 is 0 Å². The van der Waals surface area contributed by atoms with Gasteiger partial charge in [-0.05, 0) is 44.0 Å². The average Bonchev–Trinajstić information content (AvgIpc) is 2.63. The van der Waals surface area contributed by atoms with Crippen LogP contribution in [-0.4, -0.2) is 17.6 Å². The molecule has 96 valence electrons. The lowest BCUT2D eigenvalue weighted by Crippen LogP contribution is -2.01. The first-order valence-electron chi connectivity index (χ1n) is 6.28. The van der Waals surface area contributed by atoms with Gasteiger partial charge in [-0.1, -0.05) is 6.92 Å². The first-order valence-corrected chi connectivity index (χ1v) is 6.28. The van der Waals surface area contributed by atoms with E-state index in [1.165, 1.54) is 23.9 Å². The number of aryl methyl sites for hydroxylation is 2. The molecular weight excluding hydrogens is 226 g/mol. The summed E-state index contributed by atoms with van der Waals surface area (Å²) in [4.78, 5) is 11.6. The minimum atomic E-state index is -0.280. The van der Waals surface area contributed by atoms with Crippen molar-refractivity contribution in [1.82, 2.24) is 4.57 Å². The highest BCUT2D eigenvalue weighted by Crippen LogP contribution is 2.26. The molecule has 2 aromatic rings. The molecule has 0 fully saturated rings. The summed E-state index contributed by atoms with van der Waals surface area (Å²) in [5.41, 5.74) is 4.32. The Hall–Kier alpha value is -1.77. The van der Waals surface area contributed by atoms with Crippen molar-refractivity contribution in [3.05, 3.63) is 35.0 Å². The number of fused-ring (bicyclic) bond motifs is 1. The zero-order valence-corrected chi connectivity index (χ0v) is 11.4. The van der Waals surface area contributed by atoms with Gasteiger partial charge in [-0.15, -0.1) is 0 Å². The molecule has 3 heteroatoms. The van der Waals surface area contributed by atoms with E-state index in [-0.39, 0.29) is 5.97 Å². The van der Waals surface area contributed by atoms with E-state index in [0.29, 0.717) is 5.56 Å². The van der Waals surface area contributed by atoms with Crippen molar-refractivity contribution < 1.29 is 9.53 Å². The number of esters is 1. The number of ether oxygens (including phenoxy) is 1. The van der Waals surface area contributed by atoms with Crippen LogP contribution in [0.2, 0.25) is 0 Å². The molecule has 1 heterocycles. The molecule has 0 radical (unpaired) electrons. The lowest BCUT2D eigenvalue weighted by Gasteiger charge is -2.06. The van der Waals surface area contributed by atoms with Crippen molar-refractivity contribution in [3.8, 4) is 0 Å². The van der Waals surface area contributed by atoms with Gasteiger partial charge in [0, 0.05) is 23.1 Å². The van der Waals surface area contributed by atoms with Crippen molar-refractivity contribution in [2.75, 3.05) is 7.11 Å². The van der Waals surface area contributed by atoms with Crippen LogP contribution >= 0.6 is 0 Å². The quantitative estimate of drug-likeness (QED) is 0.775. The number of nitrogens with zero attached hydrogens (tertiary/aromatic N) is 1. The van der Waals surface area contributed by atoms with Gasteiger partial charge < -0.3 is 9.30 Å². The van der Waals surface area contributed by atoms with E-state index in [2.05, 4.69) is 25.3 Å². The van der Waals surface area contributed by atoms with Crippen molar-refractivity contribution in [1.29, 1.82) is 0 Å². The number of carbonyl (C=O) groups is 1. The fraction of sp³-hybridized carbons (Fsp3) is 0.400. The van der Waals surface area contributed by atoms with E-state index in [4.69, 9.17) is 4.74 Å². The molecule has 0 N–H and O–H groups in total. The first-order chi connectivity index (χ1) is 8.60. The summed E-state index contributed by atoms with van der Waals surface area (Å²) in [6, 6.07) is 5.77. The van der Waals surface area contributed by atoms with E-state index in [1.807, 2.05) is 18.2 Å². The van der Waals surface area contributed by atoms with Crippen molar-refractivity contribution >= 4 is 16.9 Å². The number of benzene rings is 1. The number of methoxy groups -OCH3 is 1. The normalized spacial score (nSPS) is 10.9. The summed E-state index contributed by atoms with van der Waals surface area (Å²) in [6.07, 6.45) is 1.10. The maximum atomic E-state index is 11.6. The lowest BCUT2D eigenvalue weighted by molar-refractivity contribution is 0.0601. The number of hydrogen-bond acceptors (Lipinski definition) is 2. The van der Waals surface area contributed by atoms with Crippen LogP contribution in [-0.2, 0) is 11.3 Å². The standard InChI is InChI=1S/C15H19NO2/c1-5-8-16-11(3)10(2)13-9-12(15(17)18-4)6-7-14(13)16/h6-7,9H,5,8H2,1-4H3. The maximum absolute atomic E-state index is 11.6. The third-order valence-electron chi connectivity index (χ3n) is 3.51. The van der Waals surface area contributed by atoms with Crippen LogP contribution in [0.4, 0.5) is 0 Å². The minimum absolute atomic E-state index is 0.280. The molecule has 3 nitrogen and oxygen atoms in total. The fourth-order valence-electron chi connectivity index (χ4n) is 2.41. The Morgan fingerprint density at radius 1 is 1.33 bits per heavy atom. The Bertz CT molecular complexity index is 596. The lowest BCUT2D eigenvalue weighted by atomic mass is 10.1. The average molecular weight is 245 g/mol. The third-order valence-corrected chi connectivity index (χ3v) is 3.51. The summed E-state index contributed by atoms with van der Waals surface area (Å²) < 4.78 is 7.08. The second kappa shape index (κ2) is 4.84. The Kier molecular flexibility index (Phi) is 3.41. The van der Waals surface area contributed by atoms with Gasteiger partial charge in [0.05, 0.1) is 12.7 Å². The zero-order valence-electron chi connectivity index (χ0n) is 11.4. The Morgan fingerprint density at radius 2 is 2.06 bits per heavy atom. The van der Waals surface area contributed by atoms with E-state index in [9.17, 15) is 4.79 Å². The summed E-state index contributed by atoms with van der Waals surface area (Å²) in [5.74, 6) is -0.280. The highest BCUT2D eigenvalue weighted by molar-refractivity contribution is 5.96. The predicted octanol–water partition coefficient (Wildman–Crippen LogP) is 3.45. The van der Waals surface area contributed by atoms with Crippen LogP contribution in [0.15, 0.2) is 18.2 Å². The van der Waals surface area contributed by atoms with Crippen LogP contribution in [0.5, 0.6) is 0 Å². The topological polar surface area (TPSA) is 31.2 Å². The van der Waals surface area contributed by atoms with Gasteiger partial charge in [-0.2, -0.15) is 0 Å². The van der Waals surface area contributed by atoms with Gasteiger partial charge in [-0.25, -0.2) is 4.79 Å². The fourth-order valence-corrected chi connectivity index (χ4v) is 2.41. The van der Waals surface area contributed by atoms with Crippen LogP contribution in [0.1, 0.15) is 35.0 Å². The van der Waals surface area contributed by atoms with Crippen molar-refractivity contribution in [2.24, 2.45) is 0 Å². The van der Waals surface area contributed by atoms with Gasteiger partial charge in [0.1, 0.15) is 0 Å². The number of hydrogen-bond donors (Lipinski definition) is 0. The maximum Gasteiger partial charge on any atom is 0.337 e. The molecule has 0 aliphatic rings. The molecule has 2 rings (SSSR count). The number of carbonyl (C=O) groups excluding carboxylic acids is 1. The zero-order chi connectivity index (χ0) is 13.3. The summed E-state index contributed by atoms with van der Waals surface area (Å²) >= 11 is 0. The molecule has 1 aromatic carbocycles. The minimum Gasteiger partial charge on any atom is -0.465 e. The second-order valence-electron chi connectivity index (χ2n) is 4.59. The largest absolute Gasteiger partial charge is 0.465 e. The second-order valence-corrected chi connectivity index (χ2v) is 4.59. The highest BCUT2D eigenvalue weighted by atomic mass is 16.5. The Labute approximate surface area is 107 Å². The summed E-state index contributed by atoms with van der Waals surface area (Å²) in [7, 11) is 1.41. The summed E-state index contributed by atoms with van der Waals surface area (Å²) in [5, 5.41) is 1.14. The highest BCUT2D eigenvalue weighted by Gasteiger charge is 2.13. The molecule has 0 spiro atoms. The molecule has 1 aromatic heterocycles. The van der Waals surface area contributed by atoms with Gasteiger partial charge in [0.25, 0.3) is 0 Å². The van der Waals surface area contributed by atoms with E-state index in [0.717, 1.165) is 18.4 Å². The van der Waals surface area contributed by atoms with Crippen LogP contribution in [0, 0.1) is 13.8 Å². The molecule has 0 aliphatic heterocycles. The molecule has 0 saturated carbocycles. The van der Waals surface area contributed by atoms with E-state index in [1.54, 1.807) is 0 Å². The molecule has 0 bridgehead atoms. The molecule has 0 unspecified atom stereocenters. The number of rotatable bonds is 3. The first kappa shape index (κ1) is 12.7. The van der Waals surface area contributed by atoms with Gasteiger partial charge >= 0.3 is 5.97 Å². The predicted molar refractivity (Wildman–Crippen MR) is 73.0 cm³/mol. The van der Waals surface area contributed by atoms with E-state index < -0.39 is 0 Å². The van der Waals surface area contributed by atoms with Gasteiger partial charge in [0.2, 0.25) is 0 Å². The molecular formula is C15H19NO2. The summed E-state index contributed by atoms with van der Waals surface area (Å²) in [6.45, 7) is 7.41. The SMILES string of the molecule is CCCn1c(C)c(C)c2cc(C(=O)OC)ccc21. The third kappa shape index (κ3) is 1.90. The van der Waals surface area contributed by atoms with Gasteiger partial charge in [0.15, 0.2) is 0 Å². The molecule has 0 aliphatic carbocycles. The van der Waals surface area contributed by atoms with Crippen LogP contribution in [0.25, 0.3) is 10.9 Å². The van der Waals surface area contributed by atoms with Crippen LogP contribution < -0.4 is 0 Å². The smallest absolute Gasteiger partial charge is 0.337 e. The van der Waals surface area contributed by atoms with Gasteiger partial charge in [-0.3, -0.25) is 0 Å². The Morgan fingerprint density at radius 3 is 2.67 bits per heavy atom.